The Morgan fingerprint density at radius 3 is 2.37 bits per heavy atom. The van der Waals surface area contributed by atoms with Gasteiger partial charge < -0.3 is 10.6 Å². The molecule has 0 aliphatic carbocycles. The van der Waals surface area contributed by atoms with E-state index in [1.54, 1.807) is 6.92 Å². The molecule has 0 aliphatic heterocycles. The van der Waals surface area contributed by atoms with Crippen molar-refractivity contribution in [1.82, 2.24) is 20.0 Å². The molecule has 1 aromatic heterocycles. The smallest absolute Gasteiger partial charge is 0.244 e. The Hall–Kier alpha value is -1.74. The van der Waals surface area contributed by atoms with E-state index >= 15 is 0 Å². The lowest BCUT2D eigenvalue weighted by Gasteiger charge is -2.07. The average Bonchev–Trinajstić information content (AvgIpc) is 2.38. The van der Waals surface area contributed by atoms with Crippen LogP contribution in [0.25, 0.3) is 0 Å². The molecule has 0 aromatic carbocycles. The van der Waals surface area contributed by atoms with Crippen molar-refractivity contribution in [3.8, 4) is 0 Å². The zero-order valence-corrected chi connectivity index (χ0v) is 11.6. The molecule has 0 unspecified atom stereocenters. The maximum absolute atomic E-state index is 11.8. The first-order chi connectivity index (χ1) is 8.99. The molecular formula is C10H17N5O3S. The van der Waals surface area contributed by atoms with E-state index in [-0.39, 0.29) is 11.4 Å². The Kier molecular flexibility index (Phi) is 5.64. The van der Waals surface area contributed by atoms with Crippen LogP contribution in [0.1, 0.15) is 13.8 Å². The topological polar surface area (TPSA) is 113 Å². The number of carbonyl (C=O) groups is 1. The molecule has 0 bridgehead atoms. The standard InChI is InChI=1S/C10H17N5O3S/c1-3-11-9(16)7-15-19(17,18)8-5-13-10(12-4-2)14-6-8/h5-6,15H,3-4,7H2,1-2H3,(H,11,16)(H,12,13,14). The van der Waals surface area contributed by atoms with Crippen LogP contribution < -0.4 is 15.4 Å². The van der Waals surface area contributed by atoms with Crippen LogP contribution in [-0.2, 0) is 14.8 Å². The van der Waals surface area contributed by atoms with Gasteiger partial charge in [-0.3, -0.25) is 4.79 Å². The van der Waals surface area contributed by atoms with Crippen LogP contribution in [0.15, 0.2) is 17.3 Å². The first-order valence-electron chi connectivity index (χ1n) is 5.82. The van der Waals surface area contributed by atoms with Crippen molar-refractivity contribution >= 4 is 21.9 Å². The Morgan fingerprint density at radius 1 is 1.21 bits per heavy atom. The SMILES string of the molecule is CCNC(=O)CNS(=O)(=O)c1cnc(NCC)nc1. The molecule has 1 rings (SSSR count). The van der Waals surface area contributed by atoms with Gasteiger partial charge in [0, 0.05) is 13.1 Å². The summed E-state index contributed by atoms with van der Waals surface area (Å²) in [6.45, 7) is 4.40. The van der Waals surface area contributed by atoms with E-state index in [4.69, 9.17) is 0 Å². The number of amides is 1. The van der Waals surface area contributed by atoms with Crippen LogP contribution in [0.2, 0.25) is 0 Å². The lowest BCUT2D eigenvalue weighted by Crippen LogP contribution is -2.36. The van der Waals surface area contributed by atoms with Gasteiger partial charge in [-0.15, -0.1) is 0 Å². The molecule has 0 saturated heterocycles. The molecule has 0 spiro atoms. The lowest BCUT2D eigenvalue weighted by atomic mass is 10.6. The molecular weight excluding hydrogens is 270 g/mol. The molecule has 19 heavy (non-hydrogen) atoms. The molecule has 0 fully saturated rings. The second-order valence-corrected chi connectivity index (χ2v) is 5.32. The van der Waals surface area contributed by atoms with Crippen molar-refractivity contribution in [2.45, 2.75) is 18.7 Å². The summed E-state index contributed by atoms with van der Waals surface area (Å²) in [4.78, 5) is 18.8. The average molecular weight is 287 g/mol. The Morgan fingerprint density at radius 2 is 1.84 bits per heavy atom. The molecule has 0 saturated carbocycles. The summed E-state index contributed by atoms with van der Waals surface area (Å²) in [5.74, 6) is -0.0403. The Labute approximate surface area is 112 Å². The number of anilines is 1. The van der Waals surface area contributed by atoms with Gasteiger partial charge in [0.25, 0.3) is 0 Å². The molecule has 1 aromatic rings. The van der Waals surface area contributed by atoms with Crippen LogP contribution in [0, 0.1) is 0 Å². The van der Waals surface area contributed by atoms with E-state index in [1.807, 2.05) is 6.92 Å². The first kappa shape index (κ1) is 15.3. The Bertz CT molecular complexity index is 514. The molecule has 106 valence electrons. The van der Waals surface area contributed by atoms with Gasteiger partial charge in [-0.1, -0.05) is 0 Å². The highest BCUT2D eigenvalue weighted by atomic mass is 32.2. The molecule has 8 nitrogen and oxygen atoms in total. The molecule has 9 heteroatoms. The highest BCUT2D eigenvalue weighted by molar-refractivity contribution is 7.89. The fraction of sp³-hybridized carbons (Fsp3) is 0.500. The molecule has 1 amide bonds. The number of carbonyl (C=O) groups excluding carboxylic acids is 1. The van der Waals surface area contributed by atoms with Crippen molar-refractivity contribution in [2.75, 3.05) is 25.0 Å². The first-order valence-corrected chi connectivity index (χ1v) is 7.30. The second-order valence-electron chi connectivity index (χ2n) is 3.55. The lowest BCUT2D eigenvalue weighted by molar-refractivity contribution is -0.119. The highest BCUT2D eigenvalue weighted by Gasteiger charge is 2.16. The maximum atomic E-state index is 11.8. The third-order valence-corrected chi connectivity index (χ3v) is 3.43. The fourth-order valence-corrected chi connectivity index (χ4v) is 2.08. The van der Waals surface area contributed by atoms with Crippen molar-refractivity contribution in [3.63, 3.8) is 0 Å². The molecule has 0 aliphatic rings. The van der Waals surface area contributed by atoms with E-state index < -0.39 is 15.9 Å². The minimum Gasteiger partial charge on any atom is -0.355 e. The minimum atomic E-state index is -3.77. The van der Waals surface area contributed by atoms with Crippen LogP contribution in [0.5, 0.6) is 0 Å². The number of nitrogens with one attached hydrogen (secondary N) is 3. The number of hydrogen-bond acceptors (Lipinski definition) is 6. The summed E-state index contributed by atoms with van der Waals surface area (Å²) >= 11 is 0. The normalized spacial score (nSPS) is 11.1. The maximum Gasteiger partial charge on any atom is 0.244 e. The largest absolute Gasteiger partial charge is 0.355 e. The third kappa shape index (κ3) is 4.79. The molecule has 0 atom stereocenters. The predicted octanol–water partition coefficient (Wildman–Crippen LogP) is -0.677. The number of sulfonamides is 1. The Balaban J connectivity index is 2.69. The van der Waals surface area contributed by atoms with Gasteiger partial charge in [0.2, 0.25) is 21.9 Å². The van der Waals surface area contributed by atoms with Gasteiger partial charge >= 0.3 is 0 Å². The van der Waals surface area contributed by atoms with Crippen LogP contribution >= 0.6 is 0 Å². The van der Waals surface area contributed by atoms with Gasteiger partial charge in [0.05, 0.1) is 18.9 Å². The van der Waals surface area contributed by atoms with Crippen molar-refractivity contribution < 1.29 is 13.2 Å². The van der Waals surface area contributed by atoms with Crippen molar-refractivity contribution in [2.24, 2.45) is 0 Å². The number of nitrogens with zero attached hydrogens (tertiary/aromatic N) is 2. The summed E-state index contributed by atoms with van der Waals surface area (Å²) in [6, 6.07) is 0. The van der Waals surface area contributed by atoms with Crippen LogP contribution in [0.4, 0.5) is 5.95 Å². The molecule has 3 N–H and O–H groups in total. The zero-order valence-electron chi connectivity index (χ0n) is 10.8. The number of aromatic nitrogens is 2. The van der Waals surface area contributed by atoms with Crippen molar-refractivity contribution in [1.29, 1.82) is 0 Å². The summed E-state index contributed by atoms with van der Waals surface area (Å²) in [7, 11) is -3.77. The van der Waals surface area contributed by atoms with E-state index in [0.29, 0.717) is 19.0 Å². The fourth-order valence-electron chi connectivity index (χ4n) is 1.21. The van der Waals surface area contributed by atoms with E-state index in [0.717, 1.165) is 0 Å². The van der Waals surface area contributed by atoms with Gasteiger partial charge in [0.15, 0.2) is 0 Å². The van der Waals surface area contributed by atoms with E-state index in [9.17, 15) is 13.2 Å². The number of hydrogen-bond donors (Lipinski definition) is 3. The van der Waals surface area contributed by atoms with E-state index in [1.165, 1.54) is 12.4 Å². The van der Waals surface area contributed by atoms with Crippen LogP contribution in [0.3, 0.4) is 0 Å². The van der Waals surface area contributed by atoms with Gasteiger partial charge in [-0.05, 0) is 13.8 Å². The number of likely N-dealkylation sites (N-methyl/N-ethyl adjacent to an activating group) is 1. The molecule has 1 heterocycles. The zero-order chi connectivity index (χ0) is 14.3. The summed E-state index contributed by atoms with van der Waals surface area (Å²) < 4.78 is 25.8. The van der Waals surface area contributed by atoms with Crippen molar-refractivity contribution in [3.05, 3.63) is 12.4 Å². The predicted molar refractivity (Wildman–Crippen MR) is 70.1 cm³/mol. The third-order valence-electron chi connectivity index (χ3n) is 2.07. The van der Waals surface area contributed by atoms with Crippen LogP contribution in [-0.4, -0.2) is 43.9 Å². The quantitative estimate of drug-likeness (QED) is 0.612. The molecule has 0 radical (unpaired) electrons. The van der Waals surface area contributed by atoms with Gasteiger partial charge in [0.1, 0.15) is 4.90 Å². The van der Waals surface area contributed by atoms with E-state index in [2.05, 4.69) is 25.3 Å². The second kappa shape index (κ2) is 7.00. The summed E-state index contributed by atoms with van der Waals surface area (Å²) in [5.41, 5.74) is 0. The van der Waals surface area contributed by atoms with Gasteiger partial charge in [-0.25, -0.2) is 23.1 Å². The number of rotatable bonds is 7. The highest BCUT2D eigenvalue weighted by Crippen LogP contribution is 2.06. The summed E-state index contributed by atoms with van der Waals surface area (Å²) in [6.07, 6.45) is 2.37. The monoisotopic (exact) mass is 287 g/mol. The summed E-state index contributed by atoms with van der Waals surface area (Å²) in [5, 5.41) is 5.34. The van der Waals surface area contributed by atoms with Gasteiger partial charge in [-0.2, -0.15) is 0 Å². The minimum absolute atomic E-state index is 0.0848.